The van der Waals surface area contributed by atoms with E-state index in [-0.39, 0.29) is 0 Å². The van der Waals surface area contributed by atoms with Crippen molar-refractivity contribution in [2.24, 2.45) is 5.92 Å². The molecule has 134 valence electrons. The number of aromatic nitrogens is 2. The summed E-state index contributed by atoms with van der Waals surface area (Å²) in [5, 5.41) is 6.05. The molecule has 0 spiro atoms. The van der Waals surface area contributed by atoms with E-state index >= 15 is 0 Å². The Morgan fingerprint density at radius 2 is 1.59 bits per heavy atom. The zero-order chi connectivity index (χ0) is 18.2. The number of hydrogen-bond donors (Lipinski definition) is 2. The molecule has 0 radical (unpaired) electrons. The molecule has 2 atom stereocenters. The number of aromatic amines is 1. The first-order valence-electron chi connectivity index (χ1n) is 9.64. The van der Waals surface area contributed by atoms with Crippen LogP contribution in [-0.4, -0.2) is 16.5 Å². The lowest BCUT2D eigenvalue weighted by Crippen LogP contribution is -2.14. The van der Waals surface area contributed by atoms with Crippen molar-refractivity contribution in [1.82, 2.24) is 15.3 Å². The number of rotatable bonds is 3. The molecule has 0 bridgehead atoms. The third-order valence-corrected chi connectivity index (χ3v) is 5.53. The molecule has 27 heavy (non-hydrogen) atoms. The highest BCUT2D eigenvalue weighted by atomic mass is 15.0. The van der Waals surface area contributed by atoms with Crippen molar-refractivity contribution >= 4 is 10.8 Å². The van der Waals surface area contributed by atoms with E-state index in [4.69, 9.17) is 0 Å². The largest absolute Gasteiger partial charge is 0.341 e. The van der Waals surface area contributed by atoms with E-state index in [1.54, 1.807) is 0 Å². The van der Waals surface area contributed by atoms with E-state index in [2.05, 4.69) is 88.9 Å². The number of fused-ring (bicyclic) bond motifs is 1. The fraction of sp³-hybridized carbons (Fsp3) is 0.208. The van der Waals surface area contributed by atoms with Crippen molar-refractivity contribution in [3.63, 3.8) is 0 Å². The van der Waals surface area contributed by atoms with Crippen LogP contribution in [0.5, 0.6) is 0 Å². The molecule has 0 aliphatic carbocycles. The molecular weight excluding hydrogens is 330 g/mol. The van der Waals surface area contributed by atoms with Crippen molar-refractivity contribution in [2.45, 2.75) is 19.4 Å². The Bertz CT molecular complexity index is 1080. The van der Waals surface area contributed by atoms with E-state index in [0.29, 0.717) is 12.0 Å². The summed E-state index contributed by atoms with van der Waals surface area (Å²) in [5.74, 6) is 1.76. The SMILES string of the molecule is C[C@@H]1CN[C@H](c2ncc(-c3ccc4cc(-c5ccccc5)ccc4c3)[nH]2)C1. The first kappa shape index (κ1) is 16.3. The number of nitrogens with zero attached hydrogens (tertiary/aromatic N) is 1. The molecule has 1 aliphatic heterocycles. The highest BCUT2D eigenvalue weighted by molar-refractivity contribution is 5.90. The average molecular weight is 353 g/mol. The lowest BCUT2D eigenvalue weighted by atomic mass is 9.99. The Kier molecular flexibility index (Phi) is 4.02. The van der Waals surface area contributed by atoms with Crippen LogP contribution in [0.25, 0.3) is 33.2 Å². The highest BCUT2D eigenvalue weighted by Gasteiger charge is 2.24. The summed E-state index contributed by atoms with van der Waals surface area (Å²) in [6, 6.07) is 24.2. The fourth-order valence-electron chi connectivity index (χ4n) is 4.00. The van der Waals surface area contributed by atoms with Gasteiger partial charge in [-0.25, -0.2) is 4.98 Å². The van der Waals surface area contributed by atoms with Gasteiger partial charge in [0.2, 0.25) is 0 Å². The summed E-state index contributed by atoms with van der Waals surface area (Å²) in [5.41, 5.74) is 4.77. The average Bonchev–Trinajstić information content (AvgIpc) is 3.37. The first-order valence-corrected chi connectivity index (χ1v) is 9.64. The van der Waals surface area contributed by atoms with Gasteiger partial charge in [-0.2, -0.15) is 0 Å². The molecule has 4 aromatic rings. The Morgan fingerprint density at radius 1 is 0.852 bits per heavy atom. The Labute approximate surface area is 159 Å². The predicted octanol–water partition coefficient (Wildman–Crippen LogP) is 5.57. The molecule has 1 aliphatic rings. The molecule has 2 heterocycles. The second kappa shape index (κ2) is 6.67. The Balaban J connectivity index is 1.46. The number of imidazole rings is 1. The van der Waals surface area contributed by atoms with Gasteiger partial charge in [0.05, 0.1) is 17.9 Å². The Hall–Kier alpha value is -2.91. The minimum absolute atomic E-state index is 0.350. The predicted molar refractivity (Wildman–Crippen MR) is 111 cm³/mol. The molecule has 2 N–H and O–H groups in total. The van der Waals surface area contributed by atoms with Gasteiger partial charge in [-0.05, 0) is 52.9 Å². The molecule has 0 saturated carbocycles. The van der Waals surface area contributed by atoms with E-state index in [0.717, 1.165) is 24.5 Å². The number of benzene rings is 3. The molecule has 0 unspecified atom stereocenters. The lowest BCUT2D eigenvalue weighted by molar-refractivity contribution is 0.588. The first-order chi connectivity index (χ1) is 13.3. The minimum Gasteiger partial charge on any atom is -0.341 e. The lowest BCUT2D eigenvalue weighted by Gasteiger charge is -2.07. The van der Waals surface area contributed by atoms with Crippen molar-refractivity contribution in [3.8, 4) is 22.4 Å². The monoisotopic (exact) mass is 353 g/mol. The van der Waals surface area contributed by atoms with Gasteiger partial charge in [-0.3, -0.25) is 0 Å². The summed E-state index contributed by atoms with van der Waals surface area (Å²) < 4.78 is 0. The van der Waals surface area contributed by atoms with Crippen molar-refractivity contribution < 1.29 is 0 Å². The van der Waals surface area contributed by atoms with Gasteiger partial charge >= 0.3 is 0 Å². The van der Waals surface area contributed by atoms with Crippen molar-refractivity contribution in [2.75, 3.05) is 6.54 Å². The molecule has 1 saturated heterocycles. The minimum atomic E-state index is 0.350. The van der Waals surface area contributed by atoms with E-state index in [1.807, 2.05) is 6.20 Å². The van der Waals surface area contributed by atoms with Gasteiger partial charge in [0.15, 0.2) is 0 Å². The quantitative estimate of drug-likeness (QED) is 0.506. The van der Waals surface area contributed by atoms with Gasteiger partial charge in [0.1, 0.15) is 5.82 Å². The van der Waals surface area contributed by atoms with Crippen LogP contribution in [-0.2, 0) is 0 Å². The maximum Gasteiger partial charge on any atom is 0.123 e. The van der Waals surface area contributed by atoms with Gasteiger partial charge in [0, 0.05) is 5.56 Å². The van der Waals surface area contributed by atoms with Gasteiger partial charge in [-0.15, -0.1) is 0 Å². The van der Waals surface area contributed by atoms with Crippen LogP contribution in [0, 0.1) is 5.92 Å². The number of H-pyrrole nitrogens is 1. The third kappa shape index (κ3) is 3.15. The zero-order valence-corrected chi connectivity index (χ0v) is 15.4. The van der Waals surface area contributed by atoms with Crippen molar-refractivity contribution in [3.05, 3.63) is 78.8 Å². The molecule has 5 rings (SSSR count). The van der Waals surface area contributed by atoms with E-state index in [9.17, 15) is 0 Å². The van der Waals surface area contributed by atoms with Crippen LogP contribution in [0.2, 0.25) is 0 Å². The molecular formula is C24H23N3. The highest BCUT2D eigenvalue weighted by Crippen LogP contribution is 2.30. The zero-order valence-electron chi connectivity index (χ0n) is 15.4. The van der Waals surface area contributed by atoms with Gasteiger partial charge in [0.25, 0.3) is 0 Å². The van der Waals surface area contributed by atoms with Crippen LogP contribution in [0.15, 0.2) is 72.9 Å². The third-order valence-electron chi connectivity index (χ3n) is 5.53. The van der Waals surface area contributed by atoms with Crippen LogP contribution < -0.4 is 5.32 Å². The maximum absolute atomic E-state index is 4.62. The summed E-state index contributed by atoms with van der Waals surface area (Å²) >= 11 is 0. The van der Waals surface area contributed by atoms with Gasteiger partial charge < -0.3 is 10.3 Å². The normalized spacial score (nSPS) is 19.6. The van der Waals surface area contributed by atoms with Crippen LogP contribution in [0.3, 0.4) is 0 Å². The van der Waals surface area contributed by atoms with Gasteiger partial charge in [-0.1, -0.05) is 61.5 Å². The van der Waals surface area contributed by atoms with Crippen LogP contribution in [0.4, 0.5) is 0 Å². The van der Waals surface area contributed by atoms with E-state index in [1.165, 1.54) is 27.5 Å². The number of hydrogen-bond acceptors (Lipinski definition) is 2. The summed E-state index contributed by atoms with van der Waals surface area (Å²) in [6.07, 6.45) is 3.10. The second-order valence-corrected chi connectivity index (χ2v) is 7.63. The fourth-order valence-corrected chi connectivity index (χ4v) is 4.00. The topological polar surface area (TPSA) is 40.7 Å². The van der Waals surface area contributed by atoms with Crippen LogP contribution in [0.1, 0.15) is 25.2 Å². The molecule has 3 nitrogen and oxygen atoms in total. The number of nitrogens with one attached hydrogen (secondary N) is 2. The summed E-state index contributed by atoms with van der Waals surface area (Å²) in [6.45, 7) is 3.35. The second-order valence-electron chi connectivity index (χ2n) is 7.63. The smallest absolute Gasteiger partial charge is 0.123 e. The maximum atomic E-state index is 4.62. The van der Waals surface area contributed by atoms with Crippen LogP contribution >= 0.6 is 0 Å². The molecule has 3 heteroatoms. The standard InChI is InChI=1S/C24H23N3/c1-16-11-22(25-14-16)24-26-15-23(27-24)21-10-9-19-12-18(7-8-20(19)13-21)17-5-3-2-4-6-17/h2-10,12-13,15-16,22,25H,11,14H2,1H3,(H,26,27)/t16-,22-/m0/s1. The molecule has 3 aromatic carbocycles. The van der Waals surface area contributed by atoms with E-state index < -0.39 is 0 Å². The summed E-state index contributed by atoms with van der Waals surface area (Å²) in [4.78, 5) is 8.15. The molecule has 1 fully saturated rings. The summed E-state index contributed by atoms with van der Waals surface area (Å²) in [7, 11) is 0. The Morgan fingerprint density at radius 3 is 2.33 bits per heavy atom. The molecule has 1 aromatic heterocycles. The van der Waals surface area contributed by atoms with Crippen molar-refractivity contribution in [1.29, 1.82) is 0 Å². The molecule has 0 amide bonds.